The lowest BCUT2D eigenvalue weighted by Crippen LogP contribution is -2.32. The van der Waals surface area contributed by atoms with Crippen molar-refractivity contribution in [3.63, 3.8) is 0 Å². The Bertz CT molecular complexity index is 989. The third-order valence-corrected chi connectivity index (χ3v) is 3.83. The Kier molecular flexibility index (Phi) is 6.46. The number of benzene rings is 2. The van der Waals surface area contributed by atoms with E-state index in [-0.39, 0.29) is 11.8 Å². The van der Waals surface area contributed by atoms with Gasteiger partial charge in [-0.25, -0.2) is 14.2 Å². The minimum atomic E-state index is -0.548. The number of ether oxygens (including phenoxy) is 1. The molecule has 0 saturated heterocycles. The molecule has 8 heteroatoms. The zero-order valence-electron chi connectivity index (χ0n) is 17.1. The van der Waals surface area contributed by atoms with Gasteiger partial charge in [-0.3, -0.25) is 0 Å². The number of halogens is 1. The van der Waals surface area contributed by atoms with Gasteiger partial charge in [0.2, 0.25) is 5.95 Å². The second-order valence-electron chi connectivity index (χ2n) is 7.56. The molecule has 0 aliphatic rings. The van der Waals surface area contributed by atoms with E-state index in [1.807, 2.05) is 75.4 Å². The fourth-order valence-corrected chi connectivity index (χ4v) is 2.50. The SMILES string of the molecule is CC(C)(C)OC(=O)NCc1ccc(Nc2ncc(F)c(Nc3ccccc3)n2)cc1. The highest BCUT2D eigenvalue weighted by atomic mass is 19.1. The van der Waals surface area contributed by atoms with Crippen LogP contribution >= 0.6 is 0 Å². The molecule has 0 radical (unpaired) electrons. The van der Waals surface area contributed by atoms with Crippen molar-refractivity contribution < 1.29 is 13.9 Å². The molecule has 0 spiro atoms. The molecule has 2 aromatic carbocycles. The summed E-state index contributed by atoms with van der Waals surface area (Å²) in [4.78, 5) is 19.9. The van der Waals surface area contributed by atoms with E-state index in [0.717, 1.165) is 23.1 Å². The molecular weight excluding hydrogens is 385 g/mol. The van der Waals surface area contributed by atoms with Crippen LogP contribution in [0.25, 0.3) is 0 Å². The maximum atomic E-state index is 14.0. The molecule has 0 fully saturated rings. The molecule has 3 N–H and O–H groups in total. The van der Waals surface area contributed by atoms with Crippen LogP contribution < -0.4 is 16.0 Å². The maximum Gasteiger partial charge on any atom is 0.407 e. The monoisotopic (exact) mass is 409 g/mol. The van der Waals surface area contributed by atoms with Gasteiger partial charge in [0.05, 0.1) is 6.20 Å². The number of nitrogens with zero attached hydrogens (tertiary/aromatic N) is 2. The Hall–Kier alpha value is -3.68. The van der Waals surface area contributed by atoms with Crippen molar-refractivity contribution >= 4 is 29.2 Å². The summed E-state index contributed by atoms with van der Waals surface area (Å²) in [6.07, 6.45) is 0.641. The molecule has 156 valence electrons. The first-order valence-electron chi connectivity index (χ1n) is 9.46. The highest BCUT2D eigenvalue weighted by molar-refractivity contribution is 5.67. The van der Waals surface area contributed by atoms with Crippen molar-refractivity contribution in [3.05, 3.63) is 72.2 Å². The van der Waals surface area contributed by atoms with Crippen LogP contribution in [0.2, 0.25) is 0 Å². The van der Waals surface area contributed by atoms with Crippen molar-refractivity contribution in [2.45, 2.75) is 32.9 Å². The van der Waals surface area contributed by atoms with E-state index in [1.165, 1.54) is 0 Å². The molecule has 1 aromatic heterocycles. The third kappa shape index (κ3) is 6.44. The molecule has 0 atom stereocenters. The van der Waals surface area contributed by atoms with Crippen LogP contribution in [0.4, 0.5) is 32.3 Å². The van der Waals surface area contributed by atoms with Gasteiger partial charge >= 0.3 is 6.09 Å². The maximum absolute atomic E-state index is 14.0. The van der Waals surface area contributed by atoms with Crippen molar-refractivity contribution in [2.24, 2.45) is 0 Å². The number of para-hydroxylation sites is 1. The first-order valence-corrected chi connectivity index (χ1v) is 9.46. The number of aromatic nitrogens is 2. The largest absolute Gasteiger partial charge is 0.444 e. The first-order chi connectivity index (χ1) is 14.3. The van der Waals surface area contributed by atoms with E-state index in [4.69, 9.17) is 4.74 Å². The van der Waals surface area contributed by atoms with Gasteiger partial charge in [0, 0.05) is 17.9 Å². The topological polar surface area (TPSA) is 88.2 Å². The highest BCUT2D eigenvalue weighted by Crippen LogP contribution is 2.20. The molecule has 1 amide bonds. The predicted octanol–water partition coefficient (Wildman–Crippen LogP) is 5.13. The normalized spacial score (nSPS) is 10.9. The lowest BCUT2D eigenvalue weighted by Gasteiger charge is -2.19. The van der Waals surface area contributed by atoms with Crippen molar-refractivity contribution in [1.82, 2.24) is 15.3 Å². The summed E-state index contributed by atoms with van der Waals surface area (Å²) >= 11 is 0. The van der Waals surface area contributed by atoms with E-state index >= 15 is 0 Å². The molecular formula is C22H24FN5O2. The van der Waals surface area contributed by atoms with Crippen LogP contribution in [0.1, 0.15) is 26.3 Å². The summed E-state index contributed by atoms with van der Waals surface area (Å²) in [6, 6.07) is 16.6. The third-order valence-electron chi connectivity index (χ3n) is 3.83. The number of carbonyl (C=O) groups excluding carboxylic acids is 1. The minimum Gasteiger partial charge on any atom is -0.444 e. The van der Waals surface area contributed by atoms with Crippen molar-refractivity contribution in [3.8, 4) is 0 Å². The Morgan fingerprint density at radius 2 is 1.67 bits per heavy atom. The zero-order chi connectivity index (χ0) is 21.6. The number of hydrogen-bond acceptors (Lipinski definition) is 6. The second-order valence-corrected chi connectivity index (χ2v) is 7.56. The van der Waals surface area contributed by atoms with Crippen LogP contribution in [-0.2, 0) is 11.3 Å². The second kappa shape index (κ2) is 9.21. The van der Waals surface area contributed by atoms with Crippen molar-refractivity contribution in [1.29, 1.82) is 0 Å². The molecule has 1 heterocycles. The number of anilines is 4. The molecule has 3 rings (SSSR count). The van der Waals surface area contributed by atoms with Crippen LogP contribution in [0.15, 0.2) is 60.8 Å². The van der Waals surface area contributed by atoms with Gasteiger partial charge in [0.25, 0.3) is 0 Å². The molecule has 0 saturated carbocycles. The fourth-order valence-electron chi connectivity index (χ4n) is 2.50. The van der Waals surface area contributed by atoms with Gasteiger partial charge in [0.1, 0.15) is 5.60 Å². The standard InChI is InChI=1S/C22H24FN5O2/c1-22(2,3)30-21(29)25-13-15-9-11-17(12-10-15)27-20-24-14-18(23)19(28-20)26-16-7-5-4-6-8-16/h4-12,14H,13H2,1-3H3,(H,25,29)(H2,24,26,27,28). The first kappa shape index (κ1) is 21.0. The van der Waals surface area contributed by atoms with Gasteiger partial charge in [-0.15, -0.1) is 0 Å². The quantitative estimate of drug-likeness (QED) is 0.523. The molecule has 30 heavy (non-hydrogen) atoms. The number of amides is 1. The van der Waals surface area contributed by atoms with Crippen LogP contribution in [0.3, 0.4) is 0 Å². The van der Waals surface area contributed by atoms with E-state index in [2.05, 4.69) is 25.9 Å². The number of alkyl carbamates (subject to hydrolysis) is 1. The van der Waals surface area contributed by atoms with Gasteiger partial charge in [-0.2, -0.15) is 4.98 Å². The molecule has 3 aromatic rings. The highest BCUT2D eigenvalue weighted by Gasteiger charge is 2.15. The number of hydrogen-bond donors (Lipinski definition) is 3. The van der Waals surface area contributed by atoms with Gasteiger partial charge in [0.15, 0.2) is 11.6 Å². The summed E-state index contributed by atoms with van der Waals surface area (Å²) in [7, 11) is 0. The summed E-state index contributed by atoms with van der Waals surface area (Å²) in [5.74, 6) is -0.209. The van der Waals surface area contributed by atoms with Crippen LogP contribution in [-0.4, -0.2) is 21.7 Å². The molecule has 0 aliphatic heterocycles. The number of rotatable bonds is 6. The zero-order valence-corrected chi connectivity index (χ0v) is 17.1. The molecule has 0 unspecified atom stereocenters. The Morgan fingerprint density at radius 1 is 1.00 bits per heavy atom. The smallest absolute Gasteiger partial charge is 0.407 e. The molecule has 0 bridgehead atoms. The number of carbonyl (C=O) groups is 1. The van der Waals surface area contributed by atoms with E-state index in [0.29, 0.717) is 6.54 Å². The molecule has 0 aliphatic carbocycles. The average molecular weight is 409 g/mol. The summed E-state index contributed by atoms with van der Waals surface area (Å²) in [6.45, 7) is 5.77. The Labute approximate surface area is 174 Å². The fraction of sp³-hybridized carbons (Fsp3) is 0.227. The molecule has 7 nitrogen and oxygen atoms in total. The summed E-state index contributed by atoms with van der Waals surface area (Å²) in [5, 5.41) is 8.68. The predicted molar refractivity (Wildman–Crippen MR) is 115 cm³/mol. The lowest BCUT2D eigenvalue weighted by atomic mass is 10.2. The number of nitrogens with one attached hydrogen (secondary N) is 3. The minimum absolute atomic E-state index is 0.0804. The van der Waals surface area contributed by atoms with E-state index in [9.17, 15) is 9.18 Å². The summed E-state index contributed by atoms with van der Waals surface area (Å²) in [5.41, 5.74) is 1.82. The van der Waals surface area contributed by atoms with E-state index in [1.54, 1.807) is 0 Å². The van der Waals surface area contributed by atoms with Gasteiger partial charge in [-0.1, -0.05) is 30.3 Å². The van der Waals surface area contributed by atoms with Crippen LogP contribution in [0, 0.1) is 5.82 Å². The van der Waals surface area contributed by atoms with E-state index < -0.39 is 17.5 Å². The Balaban J connectivity index is 1.60. The van der Waals surface area contributed by atoms with Gasteiger partial charge in [-0.05, 0) is 50.6 Å². The lowest BCUT2D eigenvalue weighted by molar-refractivity contribution is 0.0523. The van der Waals surface area contributed by atoms with Gasteiger partial charge < -0.3 is 20.7 Å². The summed E-state index contributed by atoms with van der Waals surface area (Å²) < 4.78 is 19.2. The average Bonchev–Trinajstić information content (AvgIpc) is 2.69. The van der Waals surface area contributed by atoms with Crippen LogP contribution in [0.5, 0.6) is 0 Å². The van der Waals surface area contributed by atoms with Crippen molar-refractivity contribution in [2.75, 3.05) is 10.6 Å². The Morgan fingerprint density at radius 3 is 2.33 bits per heavy atom.